The van der Waals surface area contributed by atoms with Crippen molar-refractivity contribution >= 4 is 23.2 Å². The SMILES string of the molecule is COC(=O)c1ccc(NC(=O)Cn2nc3c(-c4nc(-c5ccccc5)no4)cccn3c2=O)cc1. The summed E-state index contributed by atoms with van der Waals surface area (Å²) in [4.78, 5) is 41.4. The van der Waals surface area contributed by atoms with Crippen molar-refractivity contribution in [3.8, 4) is 22.8 Å². The number of benzene rings is 2. The van der Waals surface area contributed by atoms with Crippen molar-refractivity contribution in [2.45, 2.75) is 6.54 Å². The molecule has 0 bridgehead atoms. The van der Waals surface area contributed by atoms with Crippen LogP contribution in [0.15, 0.2) is 82.2 Å². The summed E-state index contributed by atoms with van der Waals surface area (Å²) in [6, 6.07) is 18.9. The Kier molecular flexibility index (Phi) is 5.63. The first-order valence-electron chi connectivity index (χ1n) is 10.5. The number of carbonyl (C=O) groups excluding carboxylic acids is 2. The maximum Gasteiger partial charge on any atom is 0.350 e. The van der Waals surface area contributed by atoms with Crippen molar-refractivity contribution < 1.29 is 18.8 Å². The molecule has 1 N–H and O–H groups in total. The number of hydrogen-bond acceptors (Lipinski definition) is 8. The van der Waals surface area contributed by atoms with Crippen LogP contribution in [0, 0.1) is 0 Å². The summed E-state index contributed by atoms with van der Waals surface area (Å²) in [5, 5.41) is 11.0. The van der Waals surface area contributed by atoms with E-state index in [1.807, 2.05) is 30.3 Å². The molecule has 11 heteroatoms. The summed E-state index contributed by atoms with van der Waals surface area (Å²) in [6.07, 6.45) is 1.54. The fourth-order valence-corrected chi connectivity index (χ4v) is 3.49. The first-order chi connectivity index (χ1) is 17.0. The molecule has 174 valence electrons. The van der Waals surface area contributed by atoms with Crippen LogP contribution in [-0.2, 0) is 16.1 Å². The Labute approximate surface area is 197 Å². The van der Waals surface area contributed by atoms with Gasteiger partial charge in [-0.2, -0.15) is 4.98 Å². The zero-order valence-electron chi connectivity index (χ0n) is 18.4. The smallest absolute Gasteiger partial charge is 0.350 e. The third-order valence-electron chi connectivity index (χ3n) is 5.18. The normalized spacial score (nSPS) is 10.9. The van der Waals surface area contributed by atoms with Crippen molar-refractivity contribution in [1.29, 1.82) is 0 Å². The summed E-state index contributed by atoms with van der Waals surface area (Å²) < 4.78 is 12.4. The monoisotopic (exact) mass is 470 g/mol. The van der Waals surface area contributed by atoms with Crippen LogP contribution < -0.4 is 11.0 Å². The van der Waals surface area contributed by atoms with Crippen molar-refractivity contribution in [2.75, 3.05) is 12.4 Å². The molecule has 0 saturated heterocycles. The van der Waals surface area contributed by atoms with E-state index >= 15 is 0 Å². The van der Waals surface area contributed by atoms with E-state index in [0.29, 0.717) is 22.6 Å². The van der Waals surface area contributed by atoms with Gasteiger partial charge >= 0.3 is 11.7 Å². The van der Waals surface area contributed by atoms with E-state index in [1.54, 1.807) is 30.5 Å². The standard InChI is InChI=1S/C24H18N6O5/c1-34-23(32)16-9-11-17(12-10-16)25-19(31)14-30-24(33)29-13-5-8-18(21(29)27-30)22-26-20(28-35-22)15-6-3-2-4-7-15/h2-13H,14H2,1H3,(H,25,31). The molecule has 0 saturated carbocycles. The van der Waals surface area contributed by atoms with Crippen molar-refractivity contribution in [3.63, 3.8) is 0 Å². The summed E-state index contributed by atoms with van der Waals surface area (Å²) in [5.74, 6) is -0.345. The molecule has 11 nitrogen and oxygen atoms in total. The highest BCUT2D eigenvalue weighted by Crippen LogP contribution is 2.24. The lowest BCUT2D eigenvalue weighted by atomic mass is 10.2. The zero-order chi connectivity index (χ0) is 24.4. The van der Waals surface area contributed by atoms with Crippen LogP contribution >= 0.6 is 0 Å². The highest BCUT2D eigenvalue weighted by atomic mass is 16.5. The summed E-state index contributed by atoms with van der Waals surface area (Å²) >= 11 is 0. The Morgan fingerprint density at radius 3 is 2.54 bits per heavy atom. The predicted octanol–water partition coefficient (Wildman–Crippen LogP) is 2.64. The number of fused-ring (bicyclic) bond motifs is 1. The number of ether oxygens (including phenoxy) is 1. The maximum absolute atomic E-state index is 12.8. The number of methoxy groups -OCH3 is 1. The van der Waals surface area contributed by atoms with E-state index in [4.69, 9.17) is 4.52 Å². The van der Waals surface area contributed by atoms with Gasteiger partial charge in [-0.05, 0) is 36.4 Å². The lowest BCUT2D eigenvalue weighted by molar-refractivity contribution is -0.117. The number of esters is 1. The molecular weight excluding hydrogens is 452 g/mol. The van der Waals surface area contributed by atoms with Crippen LogP contribution in [0.5, 0.6) is 0 Å². The number of aromatic nitrogens is 5. The second kappa shape index (κ2) is 9.06. The second-order valence-electron chi connectivity index (χ2n) is 7.46. The Morgan fingerprint density at radius 2 is 1.80 bits per heavy atom. The average Bonchev–Trinajstić information content (AvgIpc) is 3.50. The highest BCUT2D eigenvalue weighted by Gasteiger charge is 2.18. The minimum absolute atomic E-state index is 0.196. The molecule has 0 aliphatic carbocycles. The topological polar surface area (TPSA) is 134 Å². The molecule has 0 fully saturated rings. The van der Waals surface area contributed by atoms with Crippen molar-refractivity contribution in [1.82, 2.24) is 24.3 Å². The molecule has 5 aromatic rings. The third-order valence-corrected chi connectivity index (χ3v) is 5.18. The number of hydrogen-bond donors (Lipinski definition) is 1. The second-order valence-corrected chi connectivity index (χ2v) is 7.46. The van der Waals surface area contributed by atoms with Gasteiger partial charge in [0.1, 0.15) is 6.54 Å². The molecular formula is C24H18N6O5. The first-order valence-corrected chi connectivity index (χ1v) is 10.5. The number of pyridine rings is 1. The van der Waals surface area contributed by atoms with Gasteiger partial charge in [-0.3, -0.25) is 4.79 Å². The first kappa shape index (κ1) is 21.8. The molecule has 1 amide bonds. The number of rotatable bonds is 6. The average molecular weight is 470 g/mol. The molecule has 3 aromatic heterocycles. The number of nitrogens with one attached hydrogen (secondary N) is 1. The largest absolute Gasteiger partial charge is 0.465 e. The van der Waals surface area contributed by atoms with Crippen LogP contribution in [0.4, 0.5) is 5.69 Å². The molecule has 35 heavy (non-hydrogen) atoms. The van der Waals surface area contributed by atoms with Gasteiger partial charge in [-0.25, -0.2) is 18.7 Å². The number of nitrogens with zero attached hydrogens (tertiary/aromatic N) is 5. The molecule has 3 heterocycles. The number of anilines is 1. The minimum Gasteiger partial charge on any atom is -0.465 e. The van der Waals surface area contributed by atoms with E-state index < -0.39 is 17.6 Å². The number of amides is 1. The molecule has 0 spiro atoms. The van der Waals surface area contributed by atoms with Crippen molar-refractivity contribution in [2.24, 2.45) is 0 Å². The van der Waals surface area contributed by atoms with E-state index in [2.05, 4.69) is 25.3 Å². The minimum atomic E-state index is -0.499. The Balaban J connectivity index is 1.39. The molecule has 2 aromatic carbocycles. The summed E-state index contributed by atoms with van der Waals surface area (Å²) in [5.41, 5.74) is 1.83. The lowest BCUT2D eigenvalue weighted by Gasteiger charge is -2.05. The quantitative estimate of drug-likeness (QED) is 0.375. The van der Waals surface area contributed by atoms with Crippen molar-refractivity contribution in [3.05, 3.63) is 89.0 Å². The fraction of sp³-hybridized carbons (Fsp3) is 0.0833. The van der Waals surface area contributed by atoms with Crippen LogP contribution in [0.25, 0.3) is 28.5 Å². The molecule has 0 aliphatic heterocycles. The summed E-state index contributed by atoms with van der Waals surface area (Å²) in [7, 11) is 1.29. The van der Waals surface area contributed by atoms with Crippen LogP contribution in [0.2, 0.25) is 0 Å². The molecule has 0 atom stereocenters. The summed E-state index contributed by atoms with van der Waals surface area (Å²) in [6.45, 7) is -0.322. The molecule has 0 aliphatic rings. The zero-order valence-corrected chi connectivity index (χ0v) is 18.4. The van der Waals surface area contributed by atoms with Crippen LogP contribution in [0.3, 0.4) is 0 Å². The van der Waals surface area contributed by atoms with Gasteiger partial charge in [0.25, 0.3) is 5.89 Å². The maximum atomic E-state index is 12.8. The van der Waals surface area contributed by atoms with Gasteiger partial charge in [0.15, 0.2) is 5.65 Å². The fourth-order valence-electron chi connectivity index (χ4n) is 3.49. The van der Waals surface area contributed by atoms with E-state index in [1.165, 1.54) is 23.6 Å². The molecule has 0 unspecified atom stereocenters. The lowest BCUT2D eigenvalue weighted by Crippen LogP contribution is -2.28. The van der Waals surface area contributed by atoms with Gasteiger partial charge in [-0.15, -0.1) is 5.10 Å². The third kappa shape index (κ3) is 4.29. The Morgan fingerprint density at radius 1 is 1.03 bits per heavy atom. The predicted molar refractivity (Wildman–Crippen MR) is 125 cm³/mol. The van der Waals surface area contributed by atoms with E-state index in [0.717, 1.165) is 10.2 Å². The molecule has 5 rings (SSSR count). The van der Waals surface area contributed by atoms with Crippen LogP contribution in [0.1, 0.15) is 10.4 Å². The number of carbonyl (C=O) groups is 2. The van der Waals surface area contributed by atoms with E-state index in [9.17, 15) is 14.4 Å². The Bertz CT molecular complexity index is 1580. The van der Waals surface area contributed by atoms with E-state index in [-0.39, 0.29) is 18.1 Å². The van der Waals surface area contributed by atoms with Crippen LogP contribution in [-0.4, -0.2) is 43.3 Å². The van der Waals surface area contributed by atoms with Gasteiger partial charge < -0.3 is 14.6 Å². The van der Waals surface area contributed by atoms with Gasteiger partial charge in [0, 0.05) is 17.4 Å². The Hall–Kier alpha value is -5.06. The molecule has 0 radical (unpaired) electrons. The van der Waals surface area contributed by atoms with Gasteiger partial charge in [0.05, 0.1) is 18.2 Å². The van der Waals surface area contributed by atoms with Gasteiger partial charge in [0.2, 0.25) is 11.7 Å². The highest BCUT2D eigenvalue weighted by molar-refractivity contribution is 5.93. The van der Waals surface area contributed by atoms with Gasteiger partial charge in [-0.1, -0.05) is 35.5 Å².